The van der Waals surface area contributed by atoms with E-state index in [-0.39, 0.29) is 12.5 Å². The summed E-state index contributed by atoms with van der Waals surface area (Å²) >= 11 is 0. The first-order valence-electron chi connectivity index (χ1n) is 7.81. The summed E-state index contributed by atoms with van der Waals surface area (Å²) in [5.41, 5.74) is 1.14. The molecule has 0 bridgehead atoms. The zero-order chi connectivity index (χ0) is 15.1. The predicted molar refractivity (Wildman–Crippen MR) is 84.6 cm³/mol. The fourth-order valence-electron chi connectivity index (χ4n) is 2.56. The summed E-state index contributed by atoms with van der Waals surface area (Å²) in [6, 6.07) is 7.78. The second-order valence-corrected chi connectivity index (χ2v) is 5.82. The van der Waals surface area contributed by atoms with Gasteiger partial charge in [0.05, 0.1) is 0 Å². The van der Waals surface area contributed by atoms with Crippen molar-refractivity contribution in [3.8, 4) is 5.75 Å². The molecular weight excluding hydrogens is 264 g/mol. The number of carbonyl (C=O) groups is 1. The molecule has 1 aliphatic heterocycles. The van der Waals surface area contributed by atoms with Crippen molar-refractivity contribution in [2.24, 2.45) is 0 Å². The number of nitrogens with zero attached hydrogens (tertiary/aromatic N) is 2. The maximum absolute atomic E-state index is 12.1. The van der Waals surface area contributed by atoms with Gasteiger partial charge in [-0.3, -0.25) is 4.79 Å². The minimum atomic E-state index is 0.0357. The number of likely N-dealkylation sites (tertiary alicyclic amines) is 1. The van der Waals surface area contributed by atoms with Gasteiger partial charge in [-0.25, -0.2) is 0 Å². The number of amides is 1. The third kappa shape index (κ3) is 5.38. The molecule has 0 unspecified atom stereocenters. The molecule has 0 atom stereocenters. The Kier molecular flexibility index (Phi) is 6.05. The van der Waals surface area contributed by atoms with Crippen molar-refractivity contribution >= 4 is 5.91 Å². The number of rotatable bonds is 6. The van der Waals surface area contributed by atoms with E-state index in [1.165, 1.54) is 32.4 Å². The molecule has 116 valence electrons. The number of hydrogen-bond donors (Lipinski definition) is 0. The Morgan fingerprint density at radius 2 is 2.05 bits per heavy atom. The highest BCUT2D eigenvalue weighted by atomic mass is 16.5. The van der Waals surface area contributed by atoms with Crippen LogP contribution in [0.5, 0.6) is 5.75 Å². The van der Waals surface area contributed by atoms with Crippen LogP contribution in [0.2, 0.25) is 0 Å². The van der Waals surface area contributed by atoms with Gasteiger partial charge in [0.25, 0.3) is 5.91 Å². The van der Waals surface area contributed by atoms with Crippen molar-refractivity contribution in [3.63, 3.8) is 0 Å². The molecule has 1 aliphatic rings. The molecule has 0 N–H and O–H groups in total. The average molecular weight is 290 g/mol. The monoisotopic (exact) mass is 290 g/mol. The maximum atomic E-state index is 12.1. The van der Waals surface area contributed by atoms with E-state index in [2.05, 4.69) is 4.90 Å². The summed E-state index contributed by atoms with van der Waals surface area (Å²) in [5.74, 6) is 0.793. The van der Waals surface area contributed by atoms with Gasteiger partial charge in [-0.15, -0.1) is 0 Å². The molecule has 0 aliphatic carbocycles. The Balaban J connectivity index is 1.69. The highest BCUT2D eigenvalue weighted by Crippen LogP contribution is 2.12. The Labute approximate surface area is 127 Å². The van der Waals surface area contributed by atoms with Gasteiger partial charge in [-0.2, -0.15) is 0 Å². The third-order valence-electron chi connectivity index (χ3n) is 3.98. The Bertz CT molecular complexity index is 456. The Morgan fingerprint density at radius 1 is 1.29 bits per heavy atom. The number of aryl methyl sites for hydroxylation is 1. The number of benzene rings is 1. The maximum Gasteiger partial charge on any atom is 0.260 e. The van der Waals surface area contributed by atoms with Crippen molar-refractivity contribution in [2.45, 2.75) is 26.2 Å². The van der Waals surface area contributed by atoms with Crippen molar-refractivity contribution in [1.29, 1.82) is 0 Å². The molecule has 0 radical (unpaired) electrons. The summed E-state index contributed by atoms with van der Waals surface area (Å²) in [4.78, 5) is 16.3. The number of carbonyl (C=O) groups excluding carboxylic acids is 1. The Morgan fingerprint density at radius 3 is 2.76 bits per heavy atom. The molecular formula is C17H26N2O2. The van der Waals surface area contributed by atoms with Gasteiger partial charge in [0, 0.05) is 20.1 Å². The van der Waals surface area contributed by atoms with E-state index in [0.29, 0.717) is 0 Å². The molecule has 2 rings (SSSR count). The van der Waals surface area contributed by atoms with Crippen LogP contribution in [0.25, 0.3) is 0 Å². The van der Waals surface area contributed by atoms with Crippen molar-refractivity contribution in [3.05, 3.63) is 29.8 Å². The molecule has 4 nitrogen and oxygen atoms in total. The zero-order valence-corrected chi connectivity index (χ0v) is 13.2. The fourth-order valence-corrected chi connectivity index (χ4v) is 2.56. The van der Waals surface area contributed by atoms with Gasteiger partial charge >= 0.3 is 0 Å². The molecule has 4 heteroatoms. The molecule has 1 amide bonds. The number of piperidine rings is 1. The molecule has 0 spiro atoms. The van der Waals surface area contributed by atoms with Crippen LogP contribution in [0.15, 0.2) is 24.3 Å². The lowest BCUT2D eigenvalue weighted by molar-refractivity contribution is -0.132. The van der Waals surface area contributed by atoms with Crippen LogP contribution in [0, 0.1) is 6.92 Å². The summed E-state index contributed by atoms with van der Waals surface area (Å²) in [6.45, 7) is 6.20. The van der Waals surface area contributed by atoms with Crippen molar-refractivity contribution in [1.82, 2.24) is 9.80 Å². The molecule has 1 aromatic rings. The van der Waals surface area contributed by atoms with Crippen molar-refractivity contribution in [2.75, 3.05) is 39.8 Å². The largest absolute Gasteiger partial charge is 0.484 e. The Hall–Kier alpha value is -1.55. The summed E-state index contributed by atoms with van der Waals surface area (Å²) in [6.07, 6.45) is 3.91. The van der Waals surface area contributed by atoms with Crippen LogP contribution in [0.3, 0.4) is 0 Å². The highest BCUT2D eigenvalue weighted by molar-refractivity contribution is 5.77. The van der Waals surface area contributed by atoms with Crippen molar-refractivity contribution < 1.29 is 9.53 Å². The number of hydrogen-bond acceptors (Lipinski definition) is 3. The van der Waals surface area contributed by atoms with E-state index < -0.39 is 0 Å². The van der Waals surface area contributed by atoms with Crippen LogP contribution < -0.4 is 4.74 Å². The van der Waals surface area contributed by atoms with E-state index in [9.17, 15) is 4.79 Å². The van der Waals surface area contributed by atoms with Gasteiger partial charge in [0.15, 0.2) is 6.61 Å². The van der Waals surface area contributed by atoms with Gasteiger partial charge < -0.3 is 14.5 Å². The first-order chi connectivity index (χ1) is 10.1. The lowest BCUT2D eigenvalue weighted by atomic mass is 10.1. The molecule has 1 fully saturated rings. The van der Waals surface area contributed by atoms with Crippen LogP contribution in [-0.4, -0.2) is 55.5 Å². The van der Waals surface area contributed by atoms with Gasteiger partial charge in [0.2, 0.25) is 0 Å². The molecule has 21 heavy (non-hydrogen) atoms. The minimum absolute atomic E-state index is 0.0357. The van der Waals surface area contributed by atoms with Gasteiger partial charge in [0.1, 0.15) is 5.75 Å². The normalized spacial score (nSPS) is 15.7. The lowest BCUT2D eigenvalue weighted by Crippen LogP contribution is -2.40. The topological polar surface area (TPSA) is 32.8 Å². The predicted octanol–water partition coefficient (Wildman–Crippen LogP) is 2.32. The van der Waals surface area contributed by atoms with E-state index >= 15 is 0 Å². The first-order valence-corrected chi connectivity index (χ1v) is 7.81. The minimum Gasteiger partial charge on any atom is -0.484 e. The van der Waals surface area contributed by atoms with E-state index in [0.717, 1.165) is 24.4 Å². The molecule has 1 heterocycles. The summed E-state index contributed by atoms with van der Waals surface area (Å²) in [5, 5.41) is 0. The SMILES string of the molecule is Cc1cccc(OCC(=O)N(C)CCN2CCCCC2)c1. The summed E-state index contributed by atoms with van der Waals surface area (Å²) in [7, 11) is 1.85. The molecule has 0 aromatic heterocycles. The average Bonchev–Trinajstić information content (AvgIpc) is 2.51. The van der Waals surface area contributed by atoms with Gasteiger partial charge in [-0.1, -0.05) is 18.6 Å². The van der Waals surface area contributed by atoms with Crippen LogP contribution in [-0.2, 0) is 4.79 Å². The van der Waals surface area contributed by atoms with Crippen LogP contribution in [0.4, 0.5) is 0 Å². The molecule has 0 saturated carbocycles. The van der Waals surface area contributed by atoms with E-state index in [4.69, 9.17) is 4.74 Å². The number of ether oxygens (including phenoxy) is 1. The third-order valence-corrected chi connectivity index (χ3v) is 3.98. The highest BCUT2D eigenvalue weighted by Gasteiger charge is 2.13. The second-order valence-electron chi connectivity index (χ2n) is 5.82. The van der Waals surface area contributed by atoms with Gasteiger partial charge in [-0.05, 0) is 50.6 Å². The first kappa shape index (κ1) is 15.8. The van der Waals surface area contributed by atoms with E-state index in [1.54, 1.807) is 4.90 Å². The second kappa shape index (κ2) is 8.03. The standard InChI is InChI=1S/C17H26N2O2/c1-15-7-6-8-16(13-15)21-14-17(20)18(2)11-12-19-9-4-3-5-10-19/h6-8,13H,3-5,9-12,14H2,1-2H3. The van der Waals surface area contributed by atoms with E-state index in [1.807, 2.05) is 38.2 Å². The molecule has 1 aromatic carbocycles. The van der Waals surface area contributed by atoms with Crippen LogP contribution in [0.1, 0.15) is 24.8 Å². The lowest BCUT2D eigenvalue weighted by Gasteiger charge is -2.28. The molecule has 1 saturated heterocycles. The summed E-state index contributed by atoms with van der Waals surface area (Å²) < 4.78 is 5.56. The quantitative estimate of drug-likeness (QED) is 0.806. The smallest absolute Gasteiger partial charge is 0.260 e. The number of likely N-dealkylation sites (N-methyl/N-ethyl adjacent to an activating group) is 1. The fraction of sp³-hybridized carbons (Fsp3) is 0.588. The zero-order valence-electron chi connectivity index (χ0n) is 13.2. The van der Waals surface area contributed by atoms with Crippen LogP contribution >= 0.6 is 0 Å².